The van der Waals surface area contributed by atoms with E-state index in [-0.39, 0.29) is 0 Å². The molecule has 0 amide bonds. The number of furan rings is 1. The topological polar surface area (TPSA) is 16.4 Å². The quantitative estimate of drug-likeness (QED) is 0.153. The largest absolute Gasteiger partial charge is 0.453 e. The van der Waals surface area contributed by atoms with Crippen molar-refractivity contribution in [2.24, 2.45) is 0 Å². The molecule has 0 N–H and O–H groups in total. The second-order valence-corrected chi connectivity index (χ2v) is 15.3. The lowest BCUT2D eigenvalue weighted by molar-refractivity contribution is 0.670. The zero-order valence-corrected chi connectivity index (χ0v) is 32.9. The summed E-state index contributed by atoms with van der Waals surface area (Å²) in [6.07, 6.45) is 0. The van der Waals surface area contributed by atoms with Crippen molar-refractivity contribution in [3.63, 3.8) is 0 Å². The normalized spacial score (nSPS) is 11.3. The van der Waals surface area contributed by atoms with Crippen LogP contribution in [0.15, 0.2) is 241 Å². The molecule has 2 nitrogen and oxygen atoms in total. The molecule has 60 heavy (non-hydrogen) atoms. The number of hydrogen-bond acceptors (Lipinski definition) is 2. The molecule has 0 saturated heterocycles. The van der Waals surface area contributed by atoms with Gasteiger partial charge in [-0.25, -0.2) is 0 Å². The fourth-order valence-electron chi connectivity index (χ4n) is 8.69. The van der Waals surface area contributed by atoms with Crippen molar-refractivity contribution >= 4 is 49.8 Å². The first kappa shape index (κ1) is 35.2. The van der Waals surface area contributed by atoms with Crippen molar-refractivity contribution in [2.75, 3.05) is 4.90 Å². The highest BCUT2D eigenvalue weighted by molar-refractivity contribution is 6.24. The summed E-state index contributed by atoms with van der Waals surface area (Å²) in [7, 11) is 0. The number of benzene rings is 10. The maximum absolute atomic E-state index is 7.16. The van der Waals surface area contributed by atoms with Gasteiger partial charge < -0.3 is 9.32 Å². The fraction of sp³-hybridized carbons (Fsp3) is 0. The van der Waals surface area contributed by atoms with Crippen molar-refractivity contribution in [1.82, 2.24) is 0 Å². The molecule has 10 aromatic carbocycles. The molecule has 11 aromatic rings. The minimum atomic E-state index is 0.848. The van der Waals surface area contributed by atoms with Crippen molar-refractivity contribution in [1.29, 1.82) is 0 Å². The SMILES string of the molecule is c1ccc(-c2cccc(-c3ccc(N(c4ccc(-c5cccc(-c6ccccc6)c5)cc4)c4cccc5c4oc4c(-c6ccccc6)cc6ccccc6c45)cc3)c2)cc1. The summed E-state index contributed by atoms with van der Waals surface area (Å²) in [5, 5.41) is 4.59. The first-order valence-corrected chi connectivity index (χ1v) is 20.5. The Morgan fingerprint density at radius 3 is 1.23 bits per heavy atom. The summed E-state index contributed by atoms with van der Waals surface area (Å²) in [6.45, 7) is 0. The molecule has 0 saturated carbocycles. The molecule has 2 heteroatoms. The van der Waals surface area contributed by atoms with Gasteiger partial charge >= 0.3 is 0 Å². The van der Waals surface area contributed by atoms with E-state index >= 15 is 0 Å². The summed E-state index contributed by atoms with van der Waals surface area (Å²) >= 11 is 0. The zero-order valence-electron chi connectivity index (χ0n) is 32.9. The maximum Gasteiger partial charge on any atom is 0.159 e. The number of fused-ring (bicyclic) bond motifs is 5. The van der Waals surface area contributed by atoms with Gasteiger partial charge in [0.25, 0.3) is 0 Å². The molecule has 0 aliphatic heterocycles. The Morgan fingerprint density at radius 2 is 0.700 bits per heavy atom. The molecule has 11 rings (SSSR count). The third-order valence-electron chi connectivity index (χ3n) is 11.7. The van der Waals surface area contributed by atoms with E-state index in [2.05, 4.69) is 241 Å². The van der Waals surface area contributed by atoms with Gasteiger partial charge in [-0.1, -0.05) is 188 Å². The summed E-state index contributed by atoms with van der Waals surface area (Å²) in [4.78, 5) is 2.34. The van der Waals surface area contributed by atoms with Crippen LogP contribution < -0.4 is 4.90 Å². The Morgan fingerprint density at radius 1 is 0.283 bits per heavy atom. The number of rotatable bonds is 8. The van der Waals surface area contributed by atoms with Crippen LogP contribution in [0.25, 0.3) is 88.3 Å². The first-order chi connectivity index (χ1) is 29.7. The first-order valence-electron chi connectivity index (χ1n) is 20.5. The van der Waals surface area contributed by atoms with Gasteiger partial charge in [0.15, 0.2) is 5.58 Å². The average molecular weight is 766 g/mol. The Kier molecular flexibility index (Phi) is 8.87. The standard InChI is InChI=1S/C58H39NO/c1-4-15-40(16-5-1)45-22-12-24-47(37-45)42-29-33-50(34-30-42)59(51-35-31-43(32-36-51)48-25-13-23-46(38-48)41-17-6-2-7-18-41)55-28-14-27-53-56-52-26-11-10-21-49(52)39-54(58(56)60-57(53)55)44-19-8-3-9-20-44/h1-39H. The van der Waals surface area contributed by atoms with Gasteiger partial charge in [-0.05, 0) is 109 Å². The van der Waals surface area contributed by atoms with Crippen LogP contribution in [0.1, 0.15) is 0 Å². The van der Waals surface area contributed by atoms with E-state index in [0.717, 1.165) is 61.3 Å². The molecular formula is C58H39NO. The molecule has 282 valence electrons. The molecular weight excluding hydrogens is 727 g/mol. The molecule has 0 atom stereocenters. The summed E-state index contributed by atoms with van der Waals surface area (Å²) < 4.78 is 7.16. The van der Waals surface area contributed by atoms with Crippen LogP contribution in [-0.4, -0.2) is 0 Å². The third kappa shape index (κ3) is 6.41. The van der Waals surface area contributed by atoms with Crippen LogP contribution >= 0.6 is 0 Å². The maximum atomic E-state index is 7.16. The van der Waals surface area contributed by atoms with Crippen LogP contribution in [0, 0.1) is 0 Å². The van der Waals surface area contributed by atoms with E-state index in [0.29, 0.717) is 0 Å². The Balaban J connectivity index is 1.07. The molecule has 0 fully saturated rings. The predicted octanol–water partition coefficient (Wildman–Crippen LogP) is 16.5. The average Bonchev–Trinajstić information content (AvgIpc) is 3.74. The molecule has 1 aromatic heterocycles. The highest BCUT2D eigenvalue weighted by Crippen LogP contribution is 2.47. The van der Waals surface area contributed by atoms with E-state index < -0.39 is 0 Å². The van der Waals surface area contributed by atoms with Gasteiger partial charge in [0, 0.05) is 27.7 Å². The minimum absolute atomic E-state index is 0.848. The Labute approximate surface area is 349 Å². The van der Waals surface area contributed by atoms with Crippen LogP contribution in [0.2, 0.25) is 0 Å². The lowest BCUT2D eigenvalue weighted by Crippen LogP contribution is -2.10. The monoisotopic (exact) mass is 765 g/mol. The smallest absolute Gasteiger partial charge is 0.159 e. The van der Waals surface area contributed by atoms with Crippen molar-refractivity contribution < 1.29 is 4.42 Å². The van der Waals surface area contributed by atoms with Crippen LogP contribution in [0.3, 0.4) is 0 Å². The molecule has 0 radical (unpaired) electrons. The van der Waals surface area contributed by atoms with E-state index in [9.17, 15) is 0 Å². The van der Waals surface area contributed by atoms with Gasteiger partial charge in [-0.3, -0.25) is 0 Å². The van der Waals surface area contributed by atoms with Gasteiger partial charge in [0.05, 0.1) is 5.69 Å². The van der Waals surface area contributed by atoms with Crippen molar-refractivity contribution in [2.45, 2.75) is 0 Å². The van der Waals surface area contributed by atoms with Gasteiger partial charge in [0.1, 0.15) is 5.58 Å². The predicted molar refractivity (Wildman–Crippen MR) is 253 cm³/mol. The van der Waals surface area contributed by atoms with E-state index in [1.165, 1.54) is 44.2 Å². The molecule has 0 aliphatic carbocycles. The number of anilines is 3. The number of nitrogens with zero attached hydrogens (tertiary/aromatic N) is 1. The fourth-order valence-corrected chi connectivity index (χ4v) is 8.69. The minimum Gasteiger partial charge on any atom is -0.453 e. The van der Waals surface area contributed by atoms with Crippen LogP contribution in [-0.2, 0) is 0 Å². The Bertz CT molecular complexity index is 3150. The lowest BCUT2D eigenvalue weighted by atomic mass is 9.96. The highest BCUT2D eigenvalue weighted by atomic mass is 16.3. The molecule has 0 aliphatic rings. The van der Waals surface area contributed by atoms with Crippen molar-refractivity contribution in [3.8, 4) is 55.6 Å². The molecule has 0 spiro atoms. The van der Waals surface area contributed by atoms with Gasteiger partial charge in [-0.15, -0.1) is 0 Å². The molecule has 0 bridgehead atoms. The molecule has 0 unspecified atom stereocenters. The second-order valence-electron chi connectivity index (χ2n) is 15.3. The lowest BCUT2D eigenvalue weighted by Gasteiger charge is -2.26. The Hall–Kier alpha value is -7.94. The highest BCUT2D eigenvalue weighted by Gasteiger charge is 2.22. The molecule has 1 heterocycles. The van der Waals surface area contributed by atoms with Gasteiger partial charge in [-0.2, -0.15) is 0 Å². The summed E-state index contributed by atoms with van der Waals surface area (Å²) in [5.74, 6) is 0. The zero-order chi connectivity index (χ0) is 39.8. The number of para-hydroxylation sites is 1. The second kappa shape index (κ2) is 15.1. The van der Waals surface area contributed by atoms with Crippen molar-refractivity contribution in [3.05, 3.63) is 237 Å². The van der Waals surface area contributed by atoms with E-state index in [1.807, 2.05) is 0 Å². The van der Waals surface area contributed by atoms with E-state index in [4.69, 9.17) is 4.42 Å². The number of hydrogen-bond donors (Lipinski definition) is 0. The van der Waals surface area contributed by atoms with Gasteiger partial charge in [0.2, 0.25) is 0 Å². The summed E-state index contributed by atoms with van der Waals surface area (Å²) in [6, 6.07) is 84.6. The van der Waals surface area contributed by atoms with Crippen LogP contribution in [0.4, 0.5) is 17.1 Å². The third-order valence-corrected chi connectivity index (χ3v) is 11.7. The van der Waals surface area contributed by atoms with Crippen LogP contribution in [0.5, 0.6) is 0 Å². The van der Waals surface area contributed by atoms with E-state index in [1.54, 1.807) is 0 Å². The summed E-state index contributed by atoms with van der Waals surface area (Å²) in [5.41, 5.74) is 16.5.